The molecule has 0 radical (unpaired) electrons. The van der Waals surface area contributed by atoms with Gasteiger partial charge in [-0.05, 0) is 30.2 Å². The zero-order chi connectivity index (χ0) is 15.7. The van der Waals surface area contributed by atoms with Crippen molar-refractivity contribution in [3.63, 3.8) is 0 Å². The highest BCUT2D eigenvalue weighted by Crippen LogP contribution is 2.36. The fourth-order valence-electron chi connectivity index (χ4n) is 2.84. The van der Waals surface area contributed by atoms with Gasteiger partial charge in [-0.25, -0.2) is 9.37 Å². The quantitative estimate of drug-likeness (QED) is 0.912. The van der Waals surface area contributed by atoms with E-state index in [1.165, 1.54) is 6.07 Å². The molecule has 0 amide bonds. The van der Waals surface area contributed by atoms with Crippen molar-refractivity contribution in [2.45, 2.75) is 25.2 Å². The number of aliphatic hydroxyl groups excluding tert-OH is 2. The predicted octanol–water partition coefficient (Wildman–Crippen LogP) is 2.68. The van der Waals surface area contributed by atoms with E-state index in [0.29, 0.717) is 23.8 Å². The molecule has 1 fully saturated rings. The molecule has 3 rings (SSSR count). The molecule has 2 N–H and O–H groups in total. The zero-order valence-corrected chi connectivity index (χ0v) is 12.5. The Kier molecular flexibility index (Phi) is 4.29. The highest BCUT2D eigenvalue weighted by atomic mass is 35.5. The molecule has 0 aliphatic carbocycles. The first-order chi connectivity index (χ1) is 10.6. The Morgan fingerprint density at radius 2 is 2.05 bits per heavy atom. The summed E-state index contributed by atoms with van der Waals surface area (Å²) in [6, 6.07) is 8.54. The second-order valence-electron chi connectivity index (χ2n) is 5.34. The smallest absolute Gasteiger partial charge is 0.147 e. The molecule has 0 unspecified atom stereocenters. The van der Waals surface area contributed by atoms with Gasteiger partial charge in [0.05, 0.1) is 24.9 Å². The van der Waals surface area contributed by atoms with E-state index in [0.717, 1.165) is 11.8 Å². The van der Waals surface area contributed by atoms with E-state index >= 15 is 0 Å². The van der Waals surface area contributed by atoms with Gasteiger partial charge in [0.2, 0.25) is 0 Å². The monoisotopic (exact) mass is 322 g/mol. The summed E-state index contributed by atoms with van der Waals surface area (Å²) in [5.41, 5.74) is 1.12. The first-order valence-electron chi connectivity index (χ1n) is 7.05. The molecule has 2 aromatic rings. The molecule has 6 heteroatoms. The molecule has 1 saturated heterocycles. The lowest BCUT2D eigenvalue weighted by molar-refractivity contribution is 0.165. The Morgan fingerprint density at radius 3 is 2.73 bits per heavy atom. The van der Waals surface area contributed by atoms with Crippen molar-refractivity contribution >= 4 is 17.4 Å². The number of hydrogen-bond donors (Lipinski definition) is 2. The summed E-state index contributed by atoms with van der Waals surface area (Å²) < 4.78 is 13.5. The van der Waals surface area contributed by atoms with Gasteiger partial charge in [0.15, 0.2) is 0 Å². The zero-order valence-electron chi connectivity index (χ0n) is 11.8. The second-order valence-corrected chi connectivity index (χ2v) is 5.77. The largest absolute Gasteiger partial charge is 0.392 e. The minimum atomic E-state index is -0.536. The number of pyridine rings is 1. The molecule has 2 heterocycles. The van der Waals surface area contributed by atoms with E-state index < -0.39 is 11.9 Å². The van der Waals surface area contributed by atoms with Gasteiger partial charge in [-0.3, -0.25) is 0 Å². The molecule has 1 aliphatic rings. The van der Waals surface area contributed by atoms with Crippen LogP contribution in [0.1, 0.15) is 23.6 Å². The van der Waals surface area contributed by atoms with Crippen LogP contribution in [0.15, 0.2) is 36.5 Å². The number of halogens is 2. The van der Waals surface area contributed by atoms with Gasteiger partial charge in [-0.2, -0.15) is 0 Å². The number of rotatable bonds is 3. The van der Waals surface area contributed by atoms with Crippen LogP contribution >= 0.6 is 11.6 Å². The lowest BCUT2D eigenvalue weighted by atomic mass is 10.0. The molecule has 116 valence electrons. The summed E-state index contributed by atoms with van der Waals surface area (Å²) >= 11 is 5.91. The van der Waals surface area contributed by atoms with Crippen LogP contribution in [0, 0.1) is 5.82 Å². The summed E-state index contributed by atoms with van der Waals surface area (Å²) in [6.45, 7) is 0.224. The van der Waals surface area contributed by atoms with Crippen LogP contribution < -0.4 is 4.90 Å². The standard InChI is InChI=1S/C16H16ClFN2O2/c17-12-3-1-10(2-4-12)16-14(22)5-6-20(16)15-7-11(9-21)13(18)8-19-15/h1-4,7-8,14,16,21-22H,5-6,9H2/t14-,16-/m1/s1. The van der Waals surface area contributed by atoms with Crippen LogP contribution in [0.3, 0.4) is 0 Å². The van der Waals surface area contributed by atoms with Crippen molar-refractivity contribution in [3.05, 3.63) is 58.5 Å². The maximum Gasteiger partial charge on any atom is 0.147 e. The van der Waals surface area contributed by atoms with E-state index in [2.05, 4.69) is 4.98 Å². The fraction of sp³-hybridized carbons (Fsp3) is 0.312. The van der Waals surface area contributed by atoms with Gasteiger partial charge in [0, 0.05) is 17.1 Å². The van der Waals surface area contributed by atoms with Gasteiger partial charge in [0.1, 0.15) is 11.6 Å². The van der Waals surface area contributed by atoms with Crippen molar-refractivity contribution in [1.82, 2.24) is 4.98 Å². The molecule has 22 heavy (non-hydrogen) atoms. The normalized spacial score (nSPS) is 21.4. The van der Waals surface area contributed by atoms with Crippen LogP contribution in [0.2, 0.25) is 5.02 Å². The maximum atomic E-state index is 13.5. The van der Waals surface area contributed by atoms with Crippen molar-refractivity contribution in [1.29, 1.82) is 0 Å². The Hall–Kier alpha value is -1.69. The van der Waals surface area contributed by atoms with Gasteiger partial charge >= 0.3 is 0 Å². The molecule has 0 bridgehead atoms. The lowest BCUT2D eigenvalue weighted by Gasteiger charge is -2.28. The van der Waals surface area contributed by atoms with E-state index in [1.54, 1.807) is 12.1 Å². The van der Waals surface area contributed by atoms with E-state index in [9.17, 15) is 14.6 Å². The molecule has 1 aromatic carbocycles. The average Bonchev–Trinajstić information content (AvgIpc) is 2.90. The molecule has 0 spiro atoms. The van der Waals surface area contributed by atoms with Crippen LogP contribution in [-0.4, -0.2) is 27.8 Å². The van der Waals surface area contributed by atoms with Gasteiger partial charge in [-0.1, -0.05) is 23.7 Å². The molecule has 1 aliphatic heterocycles. The van der Waals surface area contributed by atoms with Crippen molar-refractivity contribution in [2.24, 2.45) is 0 Å². The predicted molar refractivity (Wildman–Crippen MR) is 82.3 cm³/mol. The molecular weight excluding hydrogens is 307 g/mol. The fourth-order valence-corrected chi connectivity index (χ4v) is 2.97. The van der Waals surface area contributed by atoms with E-state index in [1.807, 2.05) is 17.0 Å². The first-order valence-corrected chi connectivity index (χ1v) is 7.43. The summed E-state index contributed by atoms with van der Waals surface area (Å²) in [5.74, 6) is 0.0102. The third kappa shape index (κ3) is 2.79. The van der Waals surface area contributed by atoms with E-state index in [4.69, 9.17) is 11.6 Å². The highest BCUT2D eigenvalue weighted by Gasteiger charge is 2.35. The average molecular weight is 323 g/mol. The van der Waals surface area contributed by atoms with Crippen LogP contribution in [-0.2, 0) is 6.61 Å². The molecule has 0 saturated carbocycles. The Labute approximate surface area is 132 Å². The number of hydrogen-bond acceptors (Lipinski definition) is 4. The Balaban J connectivity index is 1.96. The third-order valence-electron chi connectivity index (χ3n) is 3.96. The molecular formula is C16H16ClFN2O2. The SMILES string of the molecule is OCc1cc(N2CC[C@@H](O)[C@H]2c2ccc(Cl)cc2)ncc1F. The van der Waals surface area contributed by atoms with Gasteiger partial charge in [0.25, 0.3) is 0 Å². The lowest BCUT2D eigenvalue weighted by Crippen LogP contribution is -2.28. The number of benzene rings is 1. The second kappa shape index (κ2) is 6.20. The van der Waals surface area contributed by atoms with E-state index in [-0.39, 0.29) is 18.2 Å². The summed E-state index contributed by atoms with van der Waals surface area (Å²) in [4.78, 5) is 6.02. The minimum Gasteiger partial charge on any atom is -0.392 e. The van der Waals surface area contributed by atoms with Gasteiger partial charge < -0.3 is 15.1 Å². The Morgan fingerprint density at radius 1 is 1.32 bits per heavy atom. The van der Waals surface area contributed by atoms with Crippen LogP contribution in [0.25, 0.3) is 0 Å². The number of aromatic nitrogens is 1. The van der Waals surface area contributed by atoms with Crippen molar-refractivity contribution < 1.29 is 14.6 Å². The van der Waals surface area contributed by atoms with Gasteiger partial charge in [-0.15, -0.1) is 0 Å². The number of nitrogens with zero attached hydrogens (tertiary/aromatic N) is 2. The summed E-state index contributed by atoms with van der Waals surface area (Å²) in [7, 11) is 0. The summed E-state index contributed by atoms with van der Waals surface area (Å²) in [5, 5.41) is 20.1. The number of anilines is 1. The number of aliphatic hydroxyl groups is 2. The topological polar surface area (TPSA) is 56.6 Å². The molecule has 4 nitrogen and oxygen atoms in total. The van der Waals surface area contributed by atoms with Crippen LogP contribution in [0.5, 0.6) is 0 Å². The molecule has 2 atom stereocenters. The maximum absolute atomic E-state index is 13.5. The molecule has 1 aromatic heterocycles. The van der Waals surface area contributed by atoms with Crippen molar-refractivity contribution in [2.75, 3.05) is 11.4 Å². The van der Waals surface area contributed by atoms with Crippen molar-refractivity contribution in [3.8, 4) is 0 Å². The summed E-state index contributed by atoms with van der Waals surface area (Å²) in [6.07, 6.45) is 1.16. The highest BCUT2D eigenvalue weighted by molar-refractivity contribution is 6.30. The Bertz CT molecular complexity index is 666. The minimum absolute atomic E-state index is 0.196. The first kappa shape index (κ1) is 15.2. The van der Waals surface area contributed by atoms with Crippen LogP contribution in [0.4, 0.5) is 10.2 Å². The third-order valence-corrected chi connectivity index (χ3v) is 4.21.